The highest BCUT2D eigenvalue weighted by Gasteiger charge is 2.64. The fourth-order valence-corrected chi connectivity index (χ4v) is 9.36. The predicted molar refractivity (Wildman–Crippen MR) is 152 cm³/mol. The van der Waals surface area contributed by atoms with E-state index in [0.717, 1.165) is 30.7 Å². The van der Waals surface area contributed by atoms with Crippen LogP contribution in [0.4, 0.5) is 0 Å². The zero-order chi connectivity index (χ0) is 29.2. The monoisotopic (exact) mass is 585 g/mol. The normalized spacial score (nSPS) is 38.4. The van der Waals surface area contributed by atoms with Crippen LogP contribution in [-0.2, 0) is 45.2 Å². The first-order chi connectivity index (χ1) is 19.5. The van der Waals surface area contributed by atoms with Crippen LogP contribution < -0.4 is 4.74 Å². The molecule has 9 nitrogen and oxygen atoms in total. The second-order valence-corrected chi connectivity index (χ2v) is 13.5. The first kappa shape index (κ1) is 28.6. The van der Waals surface area contributed by atoms with Gasteiger partial charge in [-0.05, 0) is 44.5 Å². The Balaban J connectivity index is 1.36. The summed E-state index contributed by atoms with van der Waals surface area (Å²) in [5.74, 6) is -0.424. The fraction of sp³-hybridized carbons (Fsp3) is 0.645. The number of nitrogens with zero attached hydrogens (tertiary/aromatic N) is 1. The third-order valence-corrected chi connectivity index (χ3v) is 11.1. The highest BCUT2D eigenvalue weighted by atomic mass is 32.2. The van der Waals surface area contributed by atoms with E-state index in [1.165, 1.54) is 43.7 Å². The van der Waals surface area contributed by atoms with Crippen LogP contribution in [0.25, 0.3) is 0 Å². The lowest BCUT2D eigenvalue weighted by Crippen LogP contribution is -2.65. The second-order valence-electron chi connectivity index (χ2n) is 12.2. The Hall–Kier alpha value is -2.56. The van der Waals surface area contributed by atoms with Crippen LogP contribution in [0, 0.1) is 18.8 Å². The summed E-state index contributed by atoms with van der Waals surface area (Å²) in [5, 5.41) is -0.114. The molecule has 2 bridgehead atoms. The maximum Gasteiger partial charge on any atom is 0.303 e. The molecule has 41 heavy (non-hydrogen) atoms. The summed E-state index contributed by atoms with van der Waals surface area (Å²) in [5.41, 5.74) is 3.05. The maximum absolute atomic E-state index is 12.3. The largest absolute Gasteiger partial charge is 0.487 e. The van der Waals surface area contributed by atoms with Gasteiger partial charge in [0.05, 0.1) is 11.4 Å². The van der Waals surface area contributed by atoms with Gasteiger partial charge in [0.1, 0.15) is 30.0 Å². The molecule has 0 radical (unpaired) electrons. The van der Waals surface area contributed by atoms with Crippen LogP contribution in [0.3, 0.4) is 0 Å². The van der Waals surface area contributed by atoms with E-state index in [4.69, 9.17) is 23.7 Å². The standard InChI is InChI=1S/C31H39NO8S/c1-15-7-8-20-13-22-21-9-10-24(29-31(21,11-12-32(22)6)25(20)26(15)40-29)41-30-28(38-19(5)35)27(37-18(4)34)16(2)23(39-30)14-36-17(3)33/h7-10,16,21-24,27-30H,11-14H2,1-6H3/t16-,21?,22-,23-,24-,27+,28-,29?,30?,31+/m1/s1. The molecule has 0 N–H and O–H groups in total. The lowest BCUT2D eigenvalue weighted by molar-refractivity contribution is -0.213. The van der Waals surface area contributed by atoms with Gasteiger partial charge in [-0.2, -0.15) is 0 Å². The highest BCUT2D eigenvalue weighted by molar-refractivity contribution is 8.00. The summed E-state index contributed by atoms with van der Waals surface area (Å²) in [4.78, 5) is 38.6. The number of carbonyl (C=O) groups is 3. The number of hydrogen-bond acceptors (Lipinski definition) is 10. The Labute approximate surface area is 245 Å². The van der Waals surface area contributed by atoms with Crippen molar-refractivity contribution in [1.82, 2.24) is 4.90 Å². The number of benzene rings is 1. The smallest absolute Gasteiger partial charge is 0.303 e. The summed E-state index contributed by atoms with van der Waals surface area (Å²) in [7, 11) is 2.22. The van der Waals surface area contributed by atoms with Crippen molar-refractivity contribution in [1.29, 1.82) is 0 Å². The van der Waals surface area contributed by atoms with Crippen LogP contribution in [0.2, 0.25) is 0 Å². The lowest BCUT2D eigenvalue weighted by atomic mass is 9.53. The average molecular weight is 586 g/mol. The molecule has 1 aromatic carbocycles. The van der Waals surface area contributed by atoms with Gasteiger partial charge in [-0.25, -0.2) is 0 Å². The zero-order valence-corrected chi connectivity index (χ0v) is 25.3. The van der Waals surface area contributed by atoms with Crippen molar-refractivity contribution in [3.63, 3.8) is 0 Å². The zero-order valence-electron chi connectivity index (χ0n) is 24.5. The van der Waals surface area contributed by atoms with Gasteiger partial charge in [-0.1, -0.05) is 31.2 Å². The number of rotatable bonds is 6. The van der Waals surface area contributed by atoms with E-state index >= 15 is 0 Å². The number of carbonyl (C=O) groups excluding carboxylic acids is 3. The molecule has 222 valence electrons. The molecule has 2 fully saturated rings. The Kier molecular flexibility index (Phi) is 7.39. The van der Waals surface area contributed by atoms with Gasteiger partial charge in [-0.3, -0.25) is 14.4 Å². The lowest BCUT2D eigenvalue weighted by Gasteiger charge is -2.57. The van der Waals surface area contributed by atoms with E-state index in [1.807, 2.05) is 6.92 Å². The van der Waals surface area contributed by atoms with Crippen molar-refractivity contribution in [2.24, 2.45) is 11.8 Å². The van der Waals surface area contributed by atoms with Gasteiger partial charge < -0.3 is 28.6 Å². The number of likely N-dealkylation sites (N-methyl/N-ethyl adjacent to an activating group) is 1. The van der Waals surface area contributed by atoms with Crippen molar-refractivity contribution >= 4 is 29.7 Å². The summed E-state index contributed by atoms with van der Waals surface area (Å²) < 4.78 is 30.3. The van der Waals surface area contributed by atoms with Crippen LogP contribution in [0.5, 0.6) is 5.75 Å². The van der Waals surface area contributed by atoms with Gasteiger partial charge in [-0.15, -0.1) is 11.8 Å². The minimum atomic E-state index is -0.841. The SMILES string of the molecule is CC(=O)OC[C@H]1OC(S[C@@H]2C=CC3[C@H]4Cc5ccc(C)c6c5[C@@]3(CCN4C)C2O6)[C@H](OC(C)=O)[C@@H](OC(C)=O)[C@@H]1C. The number of thioether (sulfide) groups is 1. The molecule has 3 unspecified atom stereocenters. The third kappa shape index (κ3) is 4.66. The van der Waals surface area contributed by atoms with Gasteiger partial charge >= 0.3 is 17.9 Å². The molecule has 2 aliphatic carbocycles. The van der Waals surface area contributed by atoms with Crippen molar-refractivity contribution in [3.8, 4) is 5.75 Å². The minimum Gasteiger partial charge on any atom is -0.487 e. The molecule has 10 atom stereocenters. The molecule has 2 saturated heterocycles. The van der Waals surface area contributed by atoms with Gasteiger partial charge in [0.2, 0.25) is 0 Å². The van der Waals surface area contributed by atoms with Crippen molar-refractivity contribution in [2.45, 2.75) is 94.0 Å². The van der Waals surface area contributed by atoms with E-state index in [9.17, 15) is 14.4 Å². The van der Waals surface area contributed by atoms with Gasteiger partial charge in [0.25, 0.3) is 0 Å². The summed E-state index contributed by atoms with van der Waals surface area (Å²) >= 11 is 1.53. The summed E-state index contributed by atoms with van der Waals surface area (Å²) in [6, 6.07) is 4.84. The molecular formula is C31H39NO8S. The first-order valence-electron chi connectivity index (χ1n) is 14.5. The van der Waals surface area contributed by atoms with Crippen LogP contribution in [0.1, 0.15) is 50.8 Å². The molecular weight excluding hydrogens is 546 g/mol. The second kappa shape index (κ2) is 10.6. The molecule has 0 saturated carbocycles. The molecule has 6 rings (SSSR count). The number of ether oxygens (including phenoxy) is 5. The molecule has 10 heteroatoms. The van der Waals surface area contributed by atoms with Crippen LogP contribution in [-0.4, -0.2) is 84.2 Å². The van der Waals surface area contributed by atoms with Gasteiger partial charge in [0.15, 0.2) is 6.10 Å². The predicted octanol–water partition coefficient (Wildman–Crippen LogP) is 3.33. The summed E-state index contributed by atoms with van der Waals surface area (Å²) in [6.45, 7) is 8.98. The highest BCUT2D eigenvalue weighted by Crippen LogP contribution is 2.62. The Morgan fingerprint density at radius 1 is 1.07 bits per heavy atom. The fourth-order valence-electron chi connectivity index (χ4n) is 7.86. The van der Waals surface area contributed by atoms with Crippen LogP contribution >= 0.6 is 11.8 Å². The van der Waals surface area contributed by atoms with E-state index in [-0.39, 0.29) is 29.3 Å². The molecule has 1 aromatic rings. The Morgan fingerprint density at radius 3 is 2.51 bits per heavy atom. The van der Waals surface area contributed by atoms with Gasteiger partial charge in [0, 0.05) is 49.6 Å². The number of aryl methyl sites for hydroxylation is 1. The van der Waals surface area contributed by atoms with E-state index < -0.39 is 41.7 Å². The number of esters is 3. The summed E-state index contributed by atoms with van der Waals surface area (Å²) in [6.07, 6.45) is 4.30. The minimum absolute atomic E-state index is 0.00652. The molecule has 3 aliphatic heterocycles. The quantitative estimate of drug-likeness (QED) is 0.281. The van der Waals surface area contributed by atoms with E-state index in [0.29, 0.717) is 12.0 Å². The Bertz CT molecular complexity index is 1280. The number of likely N-dealkylation sites (tertiary alicyclic amines) is 1. The maximum atomic E-state index is 12.3. The van der Waals surface area contributed by atoms with Crippen molar-refractivity contribution < 1.29 is 38.1 Å². The van der Waals surface area contributed by atoms with Crippen molar-refractivity contribution in [2.75, 3.05) is 20.2 Å². The molecule has 5 aliphatic rings. The first-order valence-corrected chi connectivity index (χ1v) is 15.4. The Morgan fingerprint density at radius 2 is 1.80 bits per heavy atom. The molecule has 3 heterocycles. The van der Waals surface area contributed by atoms with Crippen LogP contribution in [0.15, 0.2) is 24.3 Å². The molecule has 0 amide bonds. The van der Waals surface area contributed by atoms with E-state index in [1.54, 1.807) is 0 Å². The molecule has 1 spiro atoms. The third-order valence-electron chi connectivity index (χ3n) is 9.70. The number of piperidine rings is 1. The van der Waals surface area contributed by atoms with Crippen molar-refractivity contribution in [3.05, 3.63) is 41.0 Å². The van der Waals surface area contributed by atoms with E-state index in [2.05, 4.69) is 43.2 Å². The average Bonchev–Trinajstić information content (AvgIpc) is 3.26. The topological polar surface area (TPSA) is 101 Å². The molecule has 0 aromatic heterocycles. The number of hydrogen-bond donors (Lipinski definition) is 0.